The summed E-state index contributed by atoms with van der Waals surface area (Å²) in [6, 6.07) is 7.63. The Bertz CT molecular complexity index is 1310. The van der Waals surface area contributed by atoms with Crippen molar-refractivity contribution in [2.75, 3.05) is 24.2 Å². The van der Waals surface area contributed by atoms with Crippen LogP contribution in [0.3, 0.4) is 0 Å². The van der Waals surface area contributed by atoms with Crippen LogP contribution in [0, 0.1) is 0 Å². The summed E-state index contributed by atoms with van der Waals surface area (Å²) in [6.45, 7) is 0.145. The number of carbonyl (C=O) groups is 2. The monoisotopic (exact) mass is 547 g/mol. The SMILES string of the molecule is CN(C(=O)C(F)(F)F)C1CCc2cc(N3CC=C(NS(=O)(=O)CCc4ccc(Cl)s4)C3=O)ccc21. The lowest BCUT2D eigenvalue weighted by atomic mass is 10.1. The Labute approximate surface area is 209 Å². The highest BCUT2D eigenvalue weighted by atomic mass is 35.5. The number of carbonyl (C=O) groups excluding carboxylic acids is 2. The first-order valence-corrected chi connectivity index (χ1v) is 13.4. The summed E-state index contributed by atoms with van der Waals surface area (Å²) in [5, 5.41) is 0. The van der Waals surface area contributed by atoms with Crippen LogP contribution in [0.25, 0.3) is 0 Å². The molecule has 0 saturated carbocycles. The lowest BCUT2D eigenvalue weighted by Crippen LogP contribution is -2.40. The van der Waals surface area contributed by atoms with Crippen molar-refractivity contribution in [1.29, 1.82) is 0 Å². The van der Waals surface area contributed by atoms with Gasteiger partial charge in [0.15, 0.2) is 0 Å². The lowest BCUT2D eigenvalue weighted by Gasteiger charge is -2.26. The molecular weight excluding hydrogens is 527 g/mol. The van der Waals surface area contributed by atoms with Gasteiger partial charge < -0.3 is 9.80 Å². The van der Waals surface area contributed by atoms with Crippen LogP contribution in [-0.2, 0) is 32.5 Å². The second-order valence-electron chi connectivity index (χ2n) is 8.26. The first kappa shape index (κ1) is 25.5. The number of sulfonamides is 1. The number of hydrogen-bond acceptors (Lipinski definition) is 5. The quantitative estimate of drug-likeness (QED) is 0.571. The topological polar surface area (TPSA) is 86.8 Å². The van der Waals surface area contributed by atoms with Gasteiger partial charge in [-0.05, 0) is 60.7 Å². The first-order chi connectivity index (χ1) is 16.4. The van der Waals surface area contributed by atoms with Crippen molar-refractivity contribution in [2.45, 2.75) is 31.5 Å². The third-order valence-electron chi connectivity index (χ3n) is 5.98. The molecule has 1 unspecified atom stereocenters. The van der Waals surface area contributed by atoms with E-state index in [2.05, 4.69) is 4.72 Å². The van der Waals surface area contributed by atoms with Crippen molar-refractivity contribution in [3.05, 3.63) is 62.4 Å². The zero-order valence-corrected chi connectivity index (χ0v) is 20.8. The number of hydrogen-bond donors (Lipinski definition) is 1. The maximum Gasteiger partial charge on any atom is 0.471 e. The van der Waals surface area contributed by atoms with Gasteiger partial charge in [-0.15, -0.1) is 11.3 Å². The number of thiophene rings is 1. The zero-order valence-electron chi connectivity index (χ0n) is 18.4. The van der Waals surface area contributed by atoms with E-state index in [4.69, 9.17) is 11.6 Å². The summed E-state index contributed by atoms with van der Waals surface area (Å²) in [5.41, 5.74) is 1.79. The molecule has 2 aliphatic rings. The largest absolute Gasteiger partial charge is 0.471 e. The molecule has 2 amide bonds. The highest BCUT2D eigenvalue weighted by Gasteiger charge is 2.44. The molecule has 1 N–H and O–H groups in total. The summed E-state index contributed by atoms with van der Waals surface area (Å²) in [6.07, 6.45) is -2.43. The van der Waals surface area contributed by atoms with Gasteiger partial charge in [0.05, 0.1) is 16.1 Å². The number of alkyl halides is 3. The van der Waals surface area contributed by atoms with Crippen molar-refractivity contribution < 1.29 is 31.2 Å². The standard InChI is InChI=1S/C22H21ClF3N3O4S2/c1-28(21(31)22(24,25)26)18-6-2-13-12-14(3-5-16(13)18)29-10-8-17(20(29)30)27-35(32,33)11-9-15-4-7-19(23)34-15/h3-5,7-8,12,18,27H,2,6,9-11H2,1H3. The van der Waals surface area contributed by atoms with Crippen molar-refractivity contribution >= 4 is 50.5 Å². The van der Waals surface area contributed by atoms with Gasteiger partial charge in [-0.2, -0.15) is 13.2 Å². The van der Waals surface area contributed by atoms with E-state index in [-0.39, 0.29) is 24.4 Å². The minimum Gasteiger partial charge on any atom is -0.331 e. The van der Waals surface area contributed by atoms with E-state index in [1.165, 1.54) is 22.3 Å². The third kappa shape index (κ3) is 5.49. The second-order valence-corrected chi connectivity index (χ2v) is 11.9. The molecule has 35 heavy (non-hydrogen) atoms. The summed E-state index contributed by atoms with van der Waals surface area (Å²) in [7, 11) is -2.64. The molecule has 1 aromatic heterocycles. The number of nitrogens with zero attached hydrogens (tertiary/aromatic N) is 2. The molecule has 0 spiro atoms. The van der Waals surface area contributed by atoms with Crippen molar-refractivity contribution in [3.63, 3.8) is 0 Å². The molecule has 2 aromatic rings. The predicted molar refractivity (Wildman–Crippen MR) is 127 cm³/mol. The molecular formula is C22H21ClF3N3O4S2. The predicted octanol–water partition coefficient (Wildman–Crippen LogP) is 3.80. The first-order valence-electron chi connectivity index (χ1n) is 10.6. The molecule has 1 aromatic carbocycles. The number of anilines is 1. The van der Waals surface area contributed by atoms with Gasteiger partial charge in [-0.25, -0.2) is 8.42 Å². The van der Waals surface area contributed by atoms with E-state index < -0.39 is 34.1 Å². The van der Waals surface area contributed by atoms with Crippen LogP contribution >= 0.6 is 22.9 Å². The molecule has 1 aliphatic carbocycles. The minimum atomic E-state index is -4.95. The van der Waals surface area contributed by atoms with Gasteiger partial charge in [0.25, 0.3) is 5.91 Å². The van der Waals surface area contributed by atoms with Gasteiger partial charge in [-0.1, -0.05) is 17.7 Å². The molecule has 2 heterocycles. The van der Waals surface area contributed by atoms with Gasteiger partial charge in [0.2, 0.25) is 10.0 Å². The van der Waals surface area contributed by atoms with Crippen LogP contribution in [-0.4, -0.2) is 50.7 Å². The van der Waals surface area contributed by atoms with Crippen LogP contribution in [0.1, 0.15) is 28.5 Å². The van der Waals surface area contributed by atoms with Gasteiger partial charge in [-0.3, -0.25) is 14.3 Å². The maximum atomic E-state index is 12.9. The summed E-state index contributed by atoms with van der Waals surface area (Å²) in [5.74, 6) is -2.64. The summed E-state index contributed by atoms with van der Waals surface area (Å²) >= 11 is 7.15. The Hall–Kier alpha value is -2.57. The van der Waals surface area contributed by atoms with Crippen LogP contribution in [0.2, 0.25) is 4.34 Å². The molecule has 0 saturated heterocycles. The number of halogens is 4. The normalized spacial score (nSPS) is 18.0. The average molecular weight is 548 g/mol. The summed E-state index contributed by atoms with van der Waals surface area (Å²) < 4.78 is 66.4. The number of fused-ring (bicyclic) bond motifs is 1. The average Bonchev–Trinajstić information content (AvgIpc) is 3.49. The third-order valence-corrected chi connectivity index (χ3v) is 8.54. The number of benzene rings is 1. The molecule has 0 radical (unpaired) electrons. The Kier molecular flexibility index (Phi) is 6.91. The maximum absolute atomic E-state index is 12.9. The molecule has 1 atom stereocenters. The lowest BCUT2D eigenvalue weighted by molar-refractivity contribution is -0.186. The zero-order chi connectivity index (χ0) is 25.5. The molecule has 0 bridgehead atoms. The van der Waals surface area contributed by atoms with Gasteiger partial charge in [0.1, 0.15) is 5.70 Å². The Balaban J connectivity index is 1.41. The van der Waals surface area contributed by atoms with Crippen molar-refractivity contribution in [1.82, 2.24) is 9.62 Å². The van der Waals surface area contributed by atoms with E-state index in [9.17, 15) is 31.2 Å². The smallest absolute Gasteiger partial charge is 0.331 e. The molecule has 13 heteroatoms. The Morgan fingerprint density at radius 3 is 2.69 bits per heavy atom. The minimum absolute atomic E-state index is 0.0527. The fourth-order valence-corrected chi connectivity index (χ4v) is 6.55. The van der Waals surface area contributed by atoms with E-state index >= 15 is 0 Å². The fourth-order valence-electron chi connectivity index (χ4n) is 4.24. The number of amides is 2. The fraction of sp³-hybridized carbons (Fsp3) is 0.364. The highest BCUT2D eigenvalue weighted by Crippen LogP contribution is 2.39. The van der Waals surface area contributed by atoms with Gasteiger partial charge in [0, 0.05) is 24.2 Å². The highest BCUT2D eigenvalue weighted by molar-refractivity contribution is 7.89. The number of rotatable bonds is 7. The van der Waals surface area contributed by atoms with E-state index in [1.807, 2.05) is 0 Å². The van der Waals surface area contributed by atoms with E-state index in [1.54, 1.807) is 30.3 Å². The van der Waals surface area contributed by atoms with Crippen LogP contribution < -0.4 is 9.62 Å². The molecule has 7 nitrogen and oxygen atoms in total. The number of aryl methyl sites for hydroxylation is 2. The Morgan fingerprint density at radius 1 is 1.29 bits per heavy atom. The van der Waals surface area contributed by atoms with E-state index in [0.29, 0.717) is 33.3 Å². The molecule has 1 aliphatic heterocycles. The molecule has 0 fully saturated rings. The molecule has 4 rings (SSSR count). The second kappa shape index (κ2) is 9.47. The summed E-state index contributed by atoms with van der Waals surface area (Å²) in [4.78, 5) is 27.4. The Morgan fingerprint density at radius 2 is 2.03 bits per heavy atom. The van der Waals surface area contributed by atoms with Crippen LogP contribution in [0.4, 0.5) is 18.9 Å². The van der Waals surface area contributed by atoms with Crippen LogP contribution in [0.15, 0.2) is 42.1 Å². The number of nitrogens with one attached hydrogen (secondary N) is 1. The van der Waals surface area contributed by atoms with Crippen molar-refractivity contribution in [2.24, 2.45) is 0 Å². The van der Waals surface area contributed by atoms with Crippen LogP contribution in [0.5, 0.6) is 0 Å². The van der Waals surface area contributed by atoms with Crippen molar-refractivity contribution in [3.8, 4) is 0 Å². The van der Waals surface area contributed by atoms with E-state index in [0.717, 1.165) is 17.5 Å². The molecule has 188 valence electrons. The van der Waals surface area contributed by atoms with Gasteiger partial charge >= 0.3 is 12.1 Å².